The van der Waals surface area contributed by atoms with E-state index < -0.39 is 11.9 Å². The number of hydrogen-bond donors (Lipinski definition) is 3. The zero-order valence-corrected chi connectivity index (χ0v) is 11.4. The van der Waals surface area contributed by atoms with Gasteiger partial charge >= 0.3 is 0 Å². The standard InChI is InChI=1S/C14H17N3O3/c1-8-3-4-10(15-2)9(7-8)13(19)16-11-5-6-12(18)17-14(11)20/h3-4,7,11,15H,5-6H2,1-2H3,(H,16,19)(H,17,18,20). The van der Waals surface area contributed by atoms with E-state index in [1.165, 1.54) is 0 Å². The van der Waals surface area contributed by atoms with Gasteiger partial charge in [-0.3, -0.25) is 19.7 Å². The molecule has 20 heavy (non-hydrogen) atoms. The molecule has 1 aliphatic heterocycles. The third kappa shape index (κ3) is 2.96. The Morgan fingerprint density at radius 1 is 1.35 bits per heavy atom. The van der Waals surface area contributed by atoms with Crippen molar-refractivity contribution in [2.75, 3.05) is 12.4 Å². The number of benzene rings is 1. The summed E-state index contributed by atoms with van der Waals surface area (Å²) in [4.78, 5) is 35.0. The van der Waals surface area contributed by atoms with E-state index in [0.717, 1.165) is 5.56 Å². The molecule has 3 N–H and O–H groups in total. The number of anilines is 1. The largest absolute Gasteiger partial charge is 0.387 e. The number of rotatable bonds is 3. The molecular weight excluding hydrogens is 258 g/mol. The molecule has 6 heteroatoms. The van der Waals surface area contributed by atoms with Gasteiger partial charge in [0.2, 0.25) is 11.8 Å². The van der Waals surface area contributed by atoms with E-state index in [4.69, 9.17) is 0 Å². The van der Waals surface area contributed by atoms with Crippen molar-refractivity contribution in [3.8, 4) is 0 Å². The Hall–Kier alpha value is -2.37. The van der Waals surface area contributed by atoms with Crippen molar-refractivity contribution in [1.29, 1.82) is 0 Å². The summed E-state index contributed by atoms with van der Waals surface area (Å²) in [5.41, 5.74) is 2.13. The van der Waals surface area contributed by atoms with Gasteiger partial charge in [-0.15, -0.1) is 0 Å². The lowest BCUT2D eigenvalue weighted by molar-refractivity contribution is -0.134. The Morgan fingerprint density at radius 2 is 2.10 bits per heavy atom. The summed E-state index contributed by atoms with van der Waals surface area (Å²) in [6.07, 6.45) is 0.570. The molecule has 0 aromatic heterocycles. The molecule has 106 valence electrons. The molecule has 1 aromatic rings. The van der Waals surface area contributed by atoms with E-state index in [1.807, 2.05) is 19.1 Å². The second-order valence-corrected chi connectivity index (χ2v) is 4.78. The second kappa shape index (κ2) is 5.73. The van der Waals surface area contributed by atoms with Gasteiger partial charge in [0.15, 0.2) is 0 Å². The minimum absolute atomic E-state index is 0.239. The van der Waals surface area contributed by atoms with E-state index >= 15 is 0 Å². The summed E-state index contributed by atoms with van der Waals surface area (Å²) in [6, 6.07) is 4.81. The van der Waals surface area contributed by atoms with Gasteiger partial charge in [-0.2, -0.15) is 0 Å². The predicted octanol–water partition coefficient (Wildman–Crippen LogP) is 0.572. The van der Waals surface area contributed by atoms with Gasteiger partial charge in [-0.05, 0) is 25.5 Å². The van der Waals surface area contributed by atoms with E-state index in [-0.39, 0.29) is 18.2 Å². The molecule has 6 nitrogen and oxygen atoms in total. The summed E-state index contributed by atoms with van der Waals surface area (Å²) >= 11 is 0. The fourth-order valence-corrected chi connectivity index (χ4v) is 2.13. The molecule has 0 radical (unpaired) electrons. The topological polar surface area (TPSA) is 87.3 Å². The molecule has 0 aliphatic carbocycles. The highest BCUT2D eigenvalue weighted by molar-refractivity contribution is 6.05. The van der Waals surface area contributed by atoms with Gasteiger partial charge in [0.1, 0.15) is 6.04 Å². The lowest BCUT2D eigenvalue weighted by Crippen LogP contribution is -2.52. The number of aryl methyl sites for hydroxylation is 1. The first-order chi connectivity index (χ1) is 9.51. The molecule has 0 saturated carbocycles. The van der Waals surface area contributed by atoms with E-state index in [1.54, 1.807) is 13.1 Å². The molecule has 1 saturated heterocycles. The Morgan fingerprint density at radius 3 is 2.75 bits per heavy atom. The van der Waals surface area contributed by atoms with Crippen LogP contribution >= 0.6 is 0 Å². The minimum Gasteiger partial charge on any atom is -0.387 e. The van der Waals surface area contributed by atoms with Crippen LogP contribution in [0.5, 0.6) is 0 Å². The lowest BCUT2D eigenvalue weighted by Gasteiger charge is -2.22. The number of carbonyl (C=O) groups is 3. The van der Waals surface area contributed by atoms with E-state index in [2.05, 4.69) is 16.0 Å². The van der Waals surface area contributed by atoms with Crippen molar-refractivity contribution in [3.05, 3.63) is 29.3 Å². The Balaban J connectivity index is 2.14. The monoisotopic (exact) mass is 275 g/mol. The molecule has 0 spiro atoms. The maximum absolute atomic E-state index is 12.3. The lowest BCUT2D eigenvalue weighted by atomic mass is 10.0. The van der Waals surface area contributed by atoms with Crippen molar-refractivity contribution in [3.63, 3.8) is 0 Å². The molecule has 1 aliphatic rings. The molecule has 1 atom stereocenters. The SMILES string of the molecule is CNc1ccc(C)cc1C(=O)NC1CCC(=O)NC1=O. The smallest absolute Gasteiger partial charge is 0.254 e. The summed E-state index contributed by atoms with van der Waals surface area (Å²) in [5, 5.41) is 7.83. The fourth-order valence-electron chi connectivity index (χ4n) is 2.13. The summed E-state index contributed by atoms with van der Waals surface area (Å²) in [6.45, 7) is 1.89. The maximum Gasteiger partial charge on any atom is 0.254 e. The second-order valence-electron chi connectivity index (χ2n) is 4.78. The minimum atomic E-state index is -0.662. The highest BCUT2D eigenvalue weighted by Gasteiger charge is 2.28. The quantitative estimate of drug-likeness (QED) is 0.704. The highest BCUT2D eigenvalue weighted by Crippen LogP contribution is 2.17. The van der Waals surface area contributed by atoms with E-state index in [0.29, 0.717) is 17.7 Å². The Kier molecular flexibility index (Phi) is 4.02. The van der Waals surface area contributed by atoms with Crippen LogP contribution in [0.15, 0.2) is 18.2 Å². The van der Waals surface area contributed by atoms with Crippen LogP contribution in [0.3, 0.4) is 0 Å². The first-order valence-corrected chi connectivity index (χ1v) is 6.44. The van der Waals surface area contributed by atoms with Crippen LogP contribution in [0.4, 0.5) is 5.69 Å². The average Bonchev–Trinajstić information content (AvgIpc) is 2.41. The molecule has 1 aromatic carbocycles. The zero-order chi connectivity index (χ0) is 14.7. The molecule has 3 amide bonds. The van der Waals surface area contributed by atoms with Crippen LogP contribution < -0.4 is 16.0 Å². The maximum atomic E-state index is 12.3. The third-order valence-electron chi connectivity index (χ3n) is 3.23. The normalized spacial score (nSPS) is 18.4. The number of imide groups is 1. The number of nitrogens with one attached hydrogen (secondary N) is 3. The summed E-state index contributed by atoms with van der Waals surface area (Å²) < 4.78 is 0. The first-order valence-electron chi connectivity index (χ1n) is 6.44. The molecule has 1 unspecified atom stereocenters. The van der Waals surface area contributed by atoms with Gasteiger partial charge in [0, 0.05) is 19.2 Å². The number of carbonyl (C=O) groups excluding carboxylic acids is 3. The zero-order valence-electron chi connectivity index (χ0n) is 11.4. The van der Waals surface area contributed by atoms with Crippen LogP contribution in [0.25, 0.3) is 0 Å². The van der Waals surface area contributed by atoms with Crippen LogP contribution in [0, 0.1) is 6.92 Å². The van der Waals surface area contributed by atoms with Crippen molar-refractivity contribution in [2.24, 2.45) is 0 Å². The number of hydrogen-bond acceptors (Lipinski definition) is 4. The summed E-state index contributed by atoms with van der Waals surface area (Å²) in [7, 11) is 1.73. The molecule has 1 fully saturated rings. The average molecular weight is 275 g/mol. The highest BCUT2D eigenvalue weighted by atomic mass is 16.2. The molecular formula is C14H17N3O3. The Labute approximate surface area is 116 Å². The fraction of sp³-hybridized carbons (Fsp3) is 0.357. The number of amides is 3. The molecule has 1 heterocycles. The van der Waals surface area contributed by atoms with Gasteiger partial charge in [-0.1, -0.05) is 11.6 Å². The van der Waals surface area contributed by atoms with Crippen LogP contribution in [0.2, 0.25) is 0 Å². The van der Waals surface area contributed by atoms with Gasteiger partial charge < -0.3 is 10.6 Å². The van der Waals surface area contributed by atoms with Crippen LogP contribution in [0.1, 0.15) is 28.8 Å². The first kappa shape index (κ1) is 14.0. The van der Waals surface area contributed by atoms with Gasteiger partial charge in [-0.25, -0.2) is 0 Å². The van der Waals surface area contributed by atoms with Gasteiger partial charge in [0.05, 0.1) is 5.56 Å². The van der Waals surface area contributed by atoms with E-state index in [9.17, 15) is 14.4 Å². The van der Waals surface area contributed by atoms with Crippen molar-refractivity contribution in [2.45, 2.75) is 25.8 Å². The predicted molar refractivity (Wildman–Crippen MR) is 74.4 cm³/mol. The van der Waals surface area contributed by atoms with Crippen molar-refractivity contribution < 1.29 is 14.4 Å². The van der Waals surface area contributed by atoms with Crippen molar-refractivity contribution in [1.82, 2.24) is 10.6 Å². The number of piperidine rings is 1. The summed E-state index contributed by atoms with van der Waals surface area (Å²) in [5.74, 6) is -1.08. The third-order valence-corrected chi connectivity index (χ3v) is 3.23. The van der Waals surface area contributed by atoms with Crippen LogP contribution in [-0.4, -0.2) is 30.8 Å². The molecule has 0 bridgehead atoms. The molecule has 2 rings (SSSR count). The van der Waals surface area contributed by atoms with Gasteiger partial charge in [0.25, 0.3) is 5.91 Å². The van der Waals surface area contributed by atoms with Crippen LogP contribution in [-0.2, 0) is 9.59 Å². The van der Waals surface area contributed by atoms with Crippen molar-refractivity contribution >= 4 is 23.4 Å². The Bertz CT molecular complexity index is 569.